The lowest BCUT2D eigenvalue weighted by Gasteiger charge is -2.12. The molecule has 0 unspecified atom stereocenters. The molecule has 0 fully saturated rings. The minimum Gasteiger partial charge on any atom is -0.462 e. The number of thioether (sulfide) groups is 1. The lowest BCUT2D eigenvalue weighted by molar-refractivity contribution is -0.113. The molecule has 0 aliphatic carbocycles. The van der Waals surface area contributed by atoms with Crippen molar-refractivity contribution in [2.45, 2.75) is 32.9 Å². The van der Waals surface area contributed by atoms with Crippen LogP contribution in [0.3, 0.4) is 0 Å². The van der Waals surface area contributed by atoms with Crippen molar-refractivity contribution in [3.05, 3.63) is 74.1 Å². The van der Waals surface area contributed by atoms with Crippen molar-refractivity contribution in [2.75, 3.05) is 38.0 Å². The van der Waals surface area contributed by atoms with Crippen molar-refractivity contribution in [3.63, 3.8) is 0 Å². The van der Waals surface area contributed by atoms with Gasteiger partial charge in [0.25, 0.3) is 0 Å². The Morgan fingerprint density at radius 3 is 2.33 bits per heavy atom. The zero-order chi connectivity index (χ0) is 31.1. The van der Waals surface area contributed by atoms with E-state index < -0.39 is 17.8 Å². The first-order valence-electron chi connectivity index (χ1n) is 13.3. The van der Waals surface area contributed by atoms with Crippen molar-refractivity contribution in [2.24, 2.45) is 0 Å². The van der Waals surface area contributed by atoms with Crippen LogP contribution in [0.15, 0.2) is 52.1 Å². The third-order valence-corrected chi connectivity index (χ3v) is 8.76. The van der Waals surface area contributed by atoms with Gasteiger partial charge in [0.2, 0.25) is 5.91 Å². The van der Waals surface area contributed by atoms with Gasteiger partial charge in [0.05, 0.1) is 30.2 Å². The zero-order valence-electron chi connectivity index (χ0n) is 24.4. The van der Waals surface area contributed by atoms with Crippen LogP contribution in [0.1, 0.15) is 43.6 Å². The maximum atomic E-state index is 13.2. The van der Waals surface area contributed by atoms with Crippen LogP contribution in [0.2, 0.25) is 0 Å². The van der Waals surface area contributed by atoms with E-state index in [0.29, 0.717) is 16.5 Å². The number of aromatic nitrogens is 3. The van der Waals surface area contributed by atoms with E-state index in [1.165, 1.54) is 18.9 Å². The number of hydrogen-bond donors (Lipinski definition) is 1. The molecule has 0 radical (unpaired) electrons. The molecule has 0 bridgehead atoms. The molecule has 4 aromatic rings. The van der Waals surface area contributed by atoms with Crippen LogP contribution >= 0.6 is 39.0 Å². The Kier molecular flexibility index (Phi) is 11.1. The highest BCUT2D eigenvalue weighted by Gasteiger charge is 2.28. The first-order chi connectivity index (χ1) is 20.6. The molecule has 226 valence electrons. The molecule has 10 nitrogen and oxygen atoms in total. The average molecular weight is 688 g/mol. The van der Waals surface area contributed by atoms with Gasteiger partial charge < -0.3 is 19.5 Å². The monoisotopic (exact) mass is 686 g/mol. The number of halogens is 1. The van der Waals surface area contributed by atoms with Crippen LogP contribution in [0, 0.1) is 20.8 Å². The van der Waals surface area contributed by atoms with Crippen molar-refractivity contribution in [1.82, 2.24) is 14.8 Å². The number of aryl methyl sites for hydroxylation is 2. The van der Waals surface area contributed by atoms with Crippen LogP contribution in [0.25, 0.3) is 17.1 Å². The van der Waals surface area contributed by atoms with Gasteiger partial charge in [-0.3, -0.25) is 9.36 Å². The molecule has 4 rings (SSSR count). The van der Waals surface area contributed by atoms with Gasteiger partial charge in [-0.15, -0.1) is 21.5 Å². The molecule has 0 aliphatic heterocycles. The molecule has 0 spiro atoms. The number of esters is 2. The first-order valence-corrected chi connectivity index (χ1v) is 15.9. The number of hydrogen-bond acceptors (Lipinski definition) is 10. The Labute approximate surface area is 266 Å². The fraction of sp³-hybridized carbons (Fsp3) is 0.300. The second-order valence-electron chi connectivity index (χ2n) is 9.44. The molecule has 43 heavy (non-hydrogen) atoms. The highest BCUT2D eigenvalue weighted by atomic mass is 79.9. The fourth-order valence-corrected chi connectivity index (χ4v) is 6.40. The molecule has 0 aliphatic rings. The summed E-state index contributed by atoms with van der Waals surface area (Å²) in [5, 5.41) is 12.4. The molecule has 0 atom stereocenters. The van der Waals surface area contributed by atoms with E-state index in [2.05, 4.69) is 37.5 Å². The van der Waals surface area contributed by atoms with E-state index in [0.717, 1.165) is 38.2 Å². The van der Waals surface area contributed by atoms with E-state index in [9.17, 15) is 14.4 Å². The number of amides is 1. The molecule has 13 heteroatoms. The van der Waals surface area contributed by atoms with Crippen molar-refractivity contribution >= 4 is 61.9 Å². The Balaban J connectivity index is 1.60. The molecular weight excluding hydrogens is 656 g/mol. The number of nitrogens with one attached hydrogen (secondary N) is 1. The van der Waals surface area contributed by atoms with Crippen LogP contribution in [-0.2, 0) is 19.0 Å². The number of methoxy groups -OCH3 is 1. The smallest absolute Gasteiger partial charge is 0.348 e. The summed E-state index contributed by atoms with van der Waals surface area (Å²) < 4.78 is 18.2. The summed E-state index contributed by atoms with van der Waals surface area (Å²) in [6.45, 7) is 7.78. The number of anilines is 1. The topological polar surface area (TPSA) is 122 Å². The number of carbonyl (C=O) groups is 3. The summed E-state index contributed by atoms with van der Waals surface area (Å²) in [7, 11) is 1.50. The number of carbonyl (C=O) groups excluding carboxylic acids is 3. The number of rotatable bonds is 12. The van der Waals surface area contributed by atoms with Crippen LogP contribution in [0.4, 0.5) is 5.00 Å². The number of benzene rings is 2. The number of ether oxygens (including phenoxy) is 3. The number of thiophene rings is 1. The van der Waals surface area contributed by atoms with Gasteiger partial charge in [0.1, 0.15) is 16.5 Å². The molecule has 1 N–H and O–H groups in total. The molecule has 2 aromatic carbocycles. The third-order valence-electron chi connectivity index (χ3n) is 6.12. The Bertz CT molecular complexity index is 1610. The van der Waals surface area contributed by atoms with E-state index >= 15 is 0 Å². The van der Waals surface area contributed by atoms with Gasteiger partial charge in [-0.2, -0.15) is 0 Å². The average Bonchev–Trinajstić information content (AvgIpc) is 3.53. The fourth-order valence-electron chi connectivity index (χ4n) is 4.28. The molecule has 1 amide bonds. The normalized spacial score (nSPS) is 10.9. The SMILES string of the molecule is CCOC(=O)c1c(NC(=O)CSc2nnc(-c3ccc(Br)cc3)n2-c2cc(C)cc(C)c2)sc(C(=O)OCCOC)c1C. The number of nitrogens with zero attached hydrogens (tertiary/aromatic N) is 3. The largest absolute Gasteiger partial charge is 0.462 e. The minimum atomic E-state index is -0.635. The van der Waals surface area contributed by atoms with Crippen LogP contribution in [0.5, 0.6) is 0 Å². The van der Waals surface area contributed by atoms with E-state index in [4.69, 9.17) is 14.2 Å². The summed E-state index contributed by atoms with van der Waals surface area (Å²) in [5.41, 5.74) is 4.40. The van der Waals surface area contributed by atoms with Gasteiger partial charge >= 0.3 is 11.9 Å². The van der Waals surface area contributed by atoms with E-state index in [1.54, 1.807) is 13.8 Å². The van der Waals surface area contributed by atoms with Crippen LogP contribution < -0.4 is 5.32 Å². The quantitative estimate of drug-likeness (QED) is 0.103. The van der Waals surface area contributed by atoms with Crippen molar-refractivity contribution in [3.8, 4) is 17.1 Å². The molecule has 2 aromatic heterocycles. The molecule has 0 saturated carbocycles. The minimum absolute atomic E-state index is 0.0316. The second kappa shape index (κ2) is 14.8. The van der Waals surface area contributed by atoms with Crippen LogP contribution in [-0.4, -0.2) is 65.3 Å². The van der Waals surface area contributed by atoms with E-state index in [-0.39, 0.29) is 41.0 Å². The summed E-state index contributed by atoms with van der Waals surface area (Å²) in [5.74, 6) is -1.03. The lowest BCUT2D eigenvalue weighted by atomic mass is 10.1. The summed E-state index contributed by atoms with van der Waals surface area (Å²) in [4.78, 5) is 38.9. The predicted octanol–water partition coefficient (Wildman–Crippen LogP) is 6.39. The Morgan fingerprint density at radius 2 is 1.67 bits per heavy atom. The standard InChI is InChI=1S/C30H31BrN4O6S2/c1-6-40-28(37)24-19(4)25(29(38)41-12-11-39-5)43-27(24)32-23(36)16-42-30-34-33-26(20-7-9-21(31)10-8-20)35(30)22-14-17(2)13-18(3)15-22/h7-10,13-15H,6,11-12,16H2,1-5H3,(H,32,36). The molecular formula is C30H31BrN4O6S2. The highest BCUT2D eigenvalue weighted by Crippen LogP contribution is 2.35. The van der Waals surface area contributed by atoms with Gasteiger partial charge in [-0.1, -0.05) is 45.9 Å². The van der Waals surface area contributed by atoms with Gasteiger partial charge in [-0.25, -0.2) is 9.59 Å². The Hall–Kier alpha value is -3.52. The Morgan fingerprint density at radius 1 is 0.977 bits per heavy atom. The lowest BCUT2D eigenvalue weighted by Crippen LogP contribution is -2.17. The van der Waals surface area contributed by atoms with Crippen molar-refractivity contribution in [1.29, 1.82) is 0 Å². The summed E-state index contributed by atoms with van der Waals surface area (Å²) >= 11 is 5.65. The maximum absolute atomic E-state index is 13.2. The van der Waals surface area contributed by atoms with Gasteiger partial charge in [-0.05, 0) is 68.7 Å². The van der Waals surface area contributed by atoms with E-state index in [1.807, 2.05) is 54.8 Å². The maximum Gasteiger partial charge on any atom is 0.348 e. The second-order valence-corrected chi connectivity index (χ2v) is 12.3. The first kappa shape index (κ1) is 32.4. The van der Waals surface area contributed by atoms with Gasteiger partial charge in [0.15, 0.2) is 11.0 Å². The highest BCUT2D eigenvalue weighted by molar-refractivity contribution is 9.10. The predicted molar refractivity (Wildman–Crippen MR) is 170 cm³/mol. The van der Waals surface area contributed by atoms with Crippen molar-refractivity contribution < 1.29 is 28.6 Å². The third kappa shape index (κ3) is 7.91. The van der Waals surface area contributed by atoms with Gasteiger partial charge in [0, 0.05) is 17.1 Å². The molecule has 2 heterocycles. The zero-order valence-corrected chi connectivity index (χ0v) is 27.6. The summed E-state index contributed by atoms with van der Waals surface area (Å²) in [6.07, 6.45) is 0. The molecule has 0 saturated heterocycles. The summed E-state index contributed by atoms with van der Waals surface area (Å²) in [6, 6.07) is 13.9.